The first kappa shape index (κ1) is 16.4. The van der Waals surface area contributed by atoms with Crippen LogP contribution >= 0.6 is 0 Å². The molecule has 0 aliphatic carbocycles. The Bertz CT molecular complexity index is 416. The number of hydrogen-bond acceptors (Lipinski definition) is 4. The fourth-order valence-corrected chi connectivity index (χ4v) is 3.17. The first-order valence-corrected chi connectivity index (χ1v) is 8.02. The van der Waals surface area contributed by atoms with Crippen LogP contribution in [-0.4, -0.2) is 56.2 Å². The van der Waals surface area contributed by atoms with Crippen LogP contribution in [-0.2, 0) is 11.3 Å². The van der Waals surface area contributed by atoms with Crippen LogP contribution in [0.2, 0.25) is 0 Å². The van der Waals surface area contributed by atoms with Crippen molar-refractivity contribution in [3.05, 3.63) is 35.4 Å². The normalized spacial score (nSPS) is 18.8. The van der Waals surface area contributed by atoms with Crippen LogP contribution in [0.5, 0.6) is 0 Å². The first-order chi connectivity index (χ1) is 10.3. The Hall–Kier alpha value is -0.940. The molecule has 118 valence electrons. The third kappa shape index (κ3) is 4.51. The van der Waals surface area contributed by atoms with Gasteiger partial charge in [-0.2, -0.15) is 0 Å². The zero-order valence-electron chi connectivity index (χ0n) is 13.4. The van der Waals surface area contributed by atoms with Gasteiger partial charge in [-0.05, 0) is 24.1 Å². The van der Waals surface area contributed by atoms with E-state index in [9.17, 15) is 0 Å². The van der Waals surface area contributed by atoms with Crippen molar-refractivity contribution >= 4 is 0 Å². The van der Waals surface area contributed by atoms with Crippen LogP contribution < -0.4 is 5.73 Å². The molecule has 1 aromatic carbocycles. The minimum atomic E-state index is 0.325. The average Bonchev–Trinajstić information content (AvgIpc) is 2.51. The van der Waals surface area contributed by atoms with E-state index >= 15 is 0 Å². The van der Waals surface area contributed by atoms with E-state index in [0.717, 1.165) is 26.2 Å². The second kappa shape index (κ2) is 8.49. The van der Waals surface area contributed by atoms with E-state index in [4.69, 9.17) is 10.5 Å². The van der Waals surface area contributed by atoms with Crippen LogP contribution in [0.25, 0.3) is 0 Å². The van der Waals surface area contributed by atoms with Gasteiger partial charge in [-0.1, -0.05) is 31.2 Å². The van der Waals surface area contributed by atoms with Crippen molar-refractivity contribution in [1.29, 1.82) is 0 Å². The lowest BCUT2D eigenvalue weighted by Crippen LogP contribution is -2.49. The summed E-state index contributed by atoms with van der Waals surface area (Å²) in [6.45, 7) is 9.32. The number of piperazine rings is 1. The summed E-state index contributed by atoms with van der Waals surface area (Å²) in [5.74, 6) is 0. The van der Waals surface area contributed by atoms with Crippen LogP contribution in [0.1, 0.15) is 30.5 Å². The van der Waals surface area contributed by atoms with Gasteiger partial charge >= 0.3 is 0 Å². The average molecular weight is 291 g/mol. The summed E-state index contributed by atoms with van der Waals surface area (Å²) in [4.78, 5) is 5.07. The molecule has 0 bridgehead atoms. The minimum absolute atomic E-state index is 0.325. The zero-order valence-corrected chi connectivity index (χ0v) is 13.4. The molecule has 0 aromatic heterocycles. The molecule has 1 aliphatic heterocycles. The predicted octanol–water partition coefficient (Wildman–Crippen LogP) is 1.86. The third-order valence-electron chi connectivity index (χ3n) is 4.26. The molecule has 1 aromatic rings. The molecule has 2 rings (SSSR count). The van der Waals surface area contributed by atoms with Gasteiger partial charge in [0.15, 0.2) is 0 Å². The topological polar surface area (TPSA) is 41.7 Å². The number of hydrogen-bond donors (Lipinski definition) is 1. The van der Waals surface area contributed by atoms with Crippen molar-refractivity contribution in [3.8, 4) is 0 Å². The van der Waals surface area contributed by atoms with E-state index in [1.165, 1.54) is 24.1 Å². The smallest absolute Gasteiger partial charge is 0.0713 e. The number of rotatable bonds is 7. The lowest BCUT2D eigenvalue weighted by Gasteiger charge is -2.39. The van der Waals surface area contributed by atoms with Gasteiger partial charge in [0.2, 0.25) is 0 Å². The van der Waals surface area contributed by atoms with Gasteiger partial charge in [0, 0.05) is 45.9 Å². The standard InChI is InChI=1S/C17H29N3O/c1-3-7-19-8-10-20(11-9-19)17(13-18)16-6-4-5-15(12-16)14-21-2/h4-6,12,17H,3,7-11,13-14,18H2,1-2H3. The number of methoxy groups -OCH3 is 1. The molecule has 1 heterocycles. The van der Waals surface area contributed by atoms with Crippen LogP contribution in [0, 0.1) is 0 Å². The summed E-state index contributed by atoms with van der Waals surface area (Å²) in [5, 5.41) is 0. The van der Waals surface area contributed by atoms with Crippen molar-refractivity contribution in [2.45, 2.75) is 26.0 Å². The maximum Gasteiger partial charge on any atom is 0.0713 e. The quantitative estimate of drug-likeness (QED) is 0.832. The molecule has 1 fully saturated rings. The summed E-state index contributed by atoms with van der Waals surface area (Å²) in [6.07, 6.45) is 1.24. The zero-order chi connectivity index (χ0) is 15.1. The van der Waals surface area contributed by atoms with Gasteiger partial charge in [0.25, 0.3) is 0 Å². The van der Waals surface area contributed by atoms with Crippen molar-refractivity contribution in [1.82, 2.24) is 9.80 Å². The largest absolute Gasteiger partial charge is 0.380 e. The highest BCUT2D eigenvalue weighted by Crippen LogP contribution is 2.22. The molecule has 1 saturated heterocycles. The molecule has 4 nitrogen and oxygen atoms in total. The van der Waals surface area contributed by atoms with Gasteiger partial charge < -0.3 is 15.4 Å². The predicted molar refractivity (Wildman–Crippen MR) is 87.3 cm³/mol. The number of ether oxygens (including phenoxy) is 1. The molecule has 1 atom stereocenters. The Kier molecular flexibility index (Phi) is 6.64. The van der Waals surface area contributed by atoms with Crippen molar-refractivity contribution in [3.63, 3.8) is 0 Å². The second-order valence-electron chi connectivity index (χ2n) is 5.81. The van der Waals surface area contributed by atoms with E-state index in [2.05, 4.69) is 41.0 Å². The highest BCUT2D eigenvalue weighted by Gasteiger charge is 2.23. The summed E-state index contributed by atoms with van der Waals surface area (Å²) in [6, 6.07) is 8.97. The lowest BCUT2D eigenvalue weighted by atomic mass is 10.0. The molecule has 0 spiro atoms. The number of nitrogens with two attached hydrogens (primary N) is 1. The van der Waals surface area contributed by atoms with E-state index in [-0.39, 0.29) is 0 Å². The Morgan fingerprint density at radius 2 is 2.00 bits per heavy atom. The highest BCUT2D eigenvalue weighted by molar-refractivity contribution is 5.26. The van der Waals surface area contributed by atoms with E-state index in [0.29, 0.717) is 19.2 Å². The number of benzene rings is 1. The van der Waals surface area contributed by atoms with Gasteiger partial charge in [-0.3, -0.25) is 4.90 Å². The molecule has 1 unspecified atom stereocenters. The fourth-order valence-electron chi connectivity index (χ4n) is 3.17. The molecule has 4 heteroatoms. The van der Waals surface area contributed by atoms with Crippen LogP contribution in [0.3, 0.4) is 0 Å². The highest BCUT2D eigenvalue weighted by atomic mass is 16.5. The van der Waals surface area contributed by atoms with Crippen LogP contribution in [0.15, 0.2) is 24.3 Å². The lowest BCUT2D eigenvalue weighted by molar-refractivity contribution is 0.0984. The molecular weight excluding hydrogens is 262 g/mol. The molecule has 2 N–H and O–H groups in total. The number of nitrogens with zero attached hydrogens (tertiary/aromatic N) is 2. The summed E-state index contributed by atoms with van der Waals surface area (Å²) in [7, 11) is 1.74. The SMILES string of the molecule is CCCN1CCN(C(CN)c2cccc(COC)c2)CC1. The van der Waals surface area contributed by atoms with Crippen molar-refractivity contribution in [2.24, 2.45) is 5.73 Å². The molecular formula is C17H29N3O. The van der Waals surface area contributed by atoms with E-state index in [1.807, 2.05) is 0 Å². The monoisotopic (exact) mass is 291 g/mol. The summed E-state index contributed by atoms with van der Waals surface area (Å²) in [5.41, 5.74) is 8.60. The van der Waals surface area contributed by atoms with Crippen molar-refractivity contribution in [2.75, 3.05) is 46.4 Å². The van der Waals surface area contributed by atoms with Crippen LogP contribution in [0.4, 0.5) is 0 Å². The van der Waals surface area contributed by atoms with Gasteiger partial charge in [-0.25, -0.2) is 0 Å². The summed E-state index contributed by atoms with van der Waals surface area (Å²) < 4.78 is 5.23. The maximum atomic E-state index is 6.07. The maximum absolute atomic E-state index is 6.07. The molecule has 0 radical (unpaired) electrons. The Morgan fingerprint density at radius 1 is 1.24 bits per heavy atom. The fraction of sp³-hybridized carbons (Fsp3) is 0.647. The second-order valence-corrected chi connectivity index (χ2v) is 5.81. The van der Waals surface area contributed by atoms with Gasteiger partial charge in [0.1, 0.15) is 0 Å². The molecule has 0 saturated carbocycles. The molecule has 21 heavy (non-hydrogen) atoms. The Labute approximate surface area is 128 Å². The van der Waals surface area contributed by atoms with Gasteiger partial charge in [0.05, 0.1) is 6.61 Å². The van der Waals surface area contributed by atoms with Crippen molar-refractivity contribution < 1.29 is 4.74 Å². The molecule has 1 aliphatic rings. The van der Waals surface area contributed by atoms with Gasteiger partial charge in [-0.15, -0.1) is 0 Å². The Balaban J connectivity index is 2.01. The Morgan fingerprint density at radius 3 is 2.62 bits per heavy atom. The minimum Gasteiger partial charge on any atom is -0.380 e. The molecule has 0 amide bonds. The summed E-state index contributed by atoms with van der Waals surface area (Å²) >= 11 is 0. The van der Waals surface area contributed by atoms with E-state index in [1.54, 1.807) is 7.11 Å². The third-order valence-corrected chi connectivity index (χ3v) is 4.26. The first-order valence-electron chi connectivity index (χ1n) is 8.02. The van der Waals surface area contributed by atoms with E-state index < -0.39 is 0 Å².